The van der Waals surface area contributed by atoms with Gasteiger partial charge in [0.15, 0.2) is 6.61 Å². The molecule has 2 aromatic rings. The maximum absolute atomic E-state index is 11.9. The summed E-state index contributed by atoms with van der Waals surface area (Å²) in [7, 11) is 0. The van der Waals surface area contributed by atoms with Gasteiger partial charge in [-0.3, -0.25) is 4.79 Å². The average molecular weight is 297 g/mol. The molecule has 0 fully saturated rings. The second-order valence-electron chi connectivity index (χ2n) is 5.67. The standard InChI is InChI=1S/C19H23NO2/c1-14-9-10-15(2)18(11-14)22-13-19(21)20-12-16(3)17-7-5-4-6-8-17/h4-11,16H,12-13H2,1-3H3,(H,20,21)/t16-/m1/s1. The summed E-state index contributed by atoms with van der Waals surface area (Å²) in [4.78, 5) is 11.9. The molecule has 1 amide bonds. The number of benzene rings is 2. The lowest BCUT2D eigenvalue weighted by atomic mass is 10.0. The molecule has 22 heavy (non-hydrogen) atoms. The summed E-state index contributed by atoms with van der Waals surface area (Å²) >= 11 is 0. The van der Waals surface area contributed by atoms with Gasteiger partial charge in [-0.25, -0.2) is 0 Å². The van der Waals surface area contributed by atoms with Gasteiger partial charge in [-0.2, -0.15) is 0 Å². The first-order valence-electron chi connectivity index (χ1n) is 7.58. The fourth-order valence-corrected chi connectivity index (χ4v) is 2.22. The molecule has 2 rings (SSSR count). The zero-order valence-corrected chi connectivity index (χ0v) is 13.4. The van der Waals surface area contributed by atoms with Crippen LogP contribution in [0.5, 0.6) is 5.75 Å². The van der Waals surface area contributed by atoms with Crippen LogP contribution in [-0.2, 0) is 4.79 Å². The lowest BCUT2D eigenvalue weighted by molar-refractivity contribution is -0.123. The monoisotopic (exact) mass is 297 g/mol. The third-order valence-electron chi connectivity index (χ3n) is 3.68. The van der Waals surface area contributed by atoms with Crippen molar-refractivity contribution in [2.75, 3.05) is 13.2 Å². The molecule has 0 heterocycles. The number of aryl methyl sites for hydroxylation is 2. The van der Waals surface area contributed by atoms with Gasteiger partial charge in [0.25, 0.3) is 5.91 Å². The minimum absolute atomic E-state index is 0.0474. The van der Waals surface area contributed by atoms with Crippen LogP contribution in [0.15, 0.2) is 48.5 Å². The highest BCUT2D eigenvalue weighted by atomic mass is 16.5. The second-order valence-corrected chi connectivity index (χ2v) is 5.67. The Morgan fingerprint density at radius 1 is 1.14 bits per heavy atom. The van der Waals surface area contributed by atoms with Crippen LogP contribution >= 0.6 is 0 Å². The van der Waals surface area contributed by atoms with Crippen LogP contribution in [0.1, 0.15) is 29.5 Å². The van der Waals surface area contributed by atoms with Gasteiger partial charge in [-0.1, -0.05) is 49.4 Å². The largest absolute Gasteiger partial charge is 0.483 e. The molecule has 0 spiro atoms. The van der Waals surface area contributed by atoms with Crippen molar-refractivity contribution in [1.82, 2.24) is 5.32 Å². The Hall–Kier alpha value is -2.29. The first kappa shape index (κ1) is 16.1. The van der Waals surface area contributed by atoms with Crippen molar-refractivity contribution >= 4 is 5.91 Å². The fraction of sp³-hybridized carbons (Fsp3) is 0.316. The van der Waals surface area contributed by atoms with E-state index in [4.69, 9.17) is 4.74 Å². The van der Waals surface area contributed by atoms with E-state index in [1.54, 1.807) is 0 Å². The molecule has 0 unspecified atom stereocenters. The molecule has 0 aliphatic carbocycles. The van der Waals surface area contributed by atoms with Gasteiger partial charge in [0.05, 0.1) is 0 Å². The molecule has 0 saturated heterocycles. The molecular weight excluding hydrogens is 274 g/mol. The second kappa shape index (κ2) is 7.64. The highest BCUT2D eigenvalue weighted by molar-refractivity contribution is 5.77. The predicted octanol–water partition coefficient (Wildman–Crippen LogP) is 3.60. The molecule has 116 valence electrons. The van der Waals surface area contributed by atoms with Crippen molar-refractivity contribution in [3.05, 3.63) is 65.2 Å². The fourth-order valence-electron chi connectivity index (χ4n) is 2.22. The molecule has 0 bridgehead atoms. The highest BCUT2D eigenvalue weighted by Crippen LogP contribution is 2.19. The summed E-state index contributed by atoms with van der Waals surface area (Å²) in [6.45, 7) is 6.74. The SMILES string of the molecule is Cc1ccc(C)c(OCC(=O)NC[C@@H](C)c2ccccc2)c1. The first-order valence-corrected chi connectivity index (χ1v) is 7.58. The summed E-state index contributed by atoms with van der Waals surface area (Å²) in [6, 6.07) is 16.1. The van der Waals surface area contributed by atoms with Crippen LogP contribution in [0, 0.1) is 13.8 Å². The van der Waals surface area contributed by atoms with Crippen molar-refractivity contribution in [3.8, 4) is 5.75 Å². The molecule has 1 atom stereocenters. The van der Waals surface area contributed by atoms with Crippen LogP contribution in [0.3, 0.4) is 0 Å². The molecule has 3 nitrogen and oxygen atoms in total. The van der Waals surface area contributed by atoms with Crippen molar-refractivity contribution < 1.29 is 9.53 Å². The topological polar surface area (TPSA) is 38.3 Å². The van der Waals surface area contributed by atoms with E-state index < -0.39 is 0 Å². The Kier molecular flexibility index (Phi) is 5.59. The Morgan fingerprint density at radius 2 is 1.86 bits per heavy atom. The molecule has 0 saturated carbocycles. The van der Waals surface area contributed by atoms with E-state index >= 15 is 0 Å². The Bertz CT molecular complexity index is 623. The lowest BCUT2D eigenvalue weighted by Gasteiger charge is -2.14. The normalized spacial score (nSPS) is 11.8. The predicted molar refractivity (Wildman–Crippen MR) is 89.3 cm³/mol. The molecule has 0 radical (unpaired) electrons. The van der Waals surface area contributed by atoms with Crippen LogP contribution in [-0.4, -0.2) is 19.1 Å². The minimum atomic E-state index is -0.0938. The van der Waals surface area contributed by atoms with E-state index in [2.05, 4.69) is 24.4 Å². The van der Waals surface area contributed by atoms with Gasteiger partial charge in [0.1, 0.15) is 5.75 Å². The molecule has 3 heteroatoms. The van der Waals surface area contributed by atoms with Gasteiger partial charge >= 0.3 is 0 Å². The maximum Gasteiger partial charge on any atom is 0.257 e. The Morgan fingerprint density at radius 3 is 2.59 bits per heavy atom. The Balaban J connectivity index is 1.80. The summed E-state index contributed by atoms with van der Waals surface area (Å²) in [5.74, 6) is 0.959. The van der Waals surface area contributed by atoms with E-state index in [1.807, 2.05) is 50.2 Å². The smallest absolute Gasteiger partial charge is 0.257 e. The molecule has 0 aliphatic rings. The number of amides is 1. The first-order chi connectivity index (χ1) is 10.6. The van der Waals surface area contributed by atoms with Crippen molar-refractivity contribution in [2.45, 2.75) is 26.7 Å². The van der Waals surface area contributed by atoms with Gasteiger partial charge in [0.2, 0.25) is 0 Å². The van der Waals surface area contributed by atoms with Gasteiger partial charge in [0, 0.05) is 6.54 Å². The van der Waals surface area contributed by atoms with Crippen LogP contribution in [0.4, 0.5) is 0 Å². The molecule has 1 N–H and O–H groups in total. The summed E-state index contributed by atoms with van der Waals surface area (Å²) in [5.41, 5.74) is 3.38. The quantitative estimate of drug-likeness (QED) is 0.884. The molecule has 2 aromatic carbocycles. The number of hydrogen-bond donors (Lipinski definition) is 1. The number of hydrogen-bond acceptors (Lipinski definition) is 2. The van der Waals surface area contributed by atoms with Crippen molar-refractivity contribution in [2.24, 2.45) is 0 Å². The molecule has 0 aliphatic heterocycles. The van der Waals surface area contributed by atoms with E-state index in [0.29, 0.717) is 6.54 Å². The average Bonchev–Trinajstić information content (AvgIpc) is 2.54. The van der Waals surface area contributed by atoms with E-state index in [1.165, 1.54) is 5.56 Å². The van der Waals surface area contributed by atoms with Gasteiger partial charge in [-0.05, 0) is 42.5 Å². The van der Waals surface area contributed by atoms with Crippen molar-refractivity contribution in [1.29, 1.82) is 0 Å². The number of carbonyl (C=O) groups excluding carboxylic acids is 1. The number of nitrogens with one attached hydrogen (secondary N) is 1. The van der Waals surface area contributed by atoms with Crippen LogP contribution < -0.4 is 10.1 Å². The van der Waals surface area contributed by atoms with Crippen molar-refractivity contribution in [3.63, 3.8) is 0 Å². The lowest BCUT2D eigenvalue weighted by Crippen LogP contribution is -2.31. The van der Waals surface area contributed by atoms with Crippen LogP contribution in [0.25, 0.3) is 0 Å². The molecule has 0 aromatic heterocycles. The molecular formula is C19H23NO2. The summed E-state index contributed by atoms with van der Waals surface area (Å²) in [6.07, 6.45) is 0. The third kappa shape index (κ3) is 4.62. The number of carbonyl (C=O) groups is 1. The summed E-state index contributed by atoms with van der Waals surface area (Å²) in [5, 5.41) is 2.92. The zero-order chi connectivity index (χ0) is 15.9. The summed E-state index contributed by atoms with van der Waals surface area (Å²) < 4.78 is 5.61. The maximum atomic E-state index is 11.9. The van der Waals surface area contributed by atoms with E-state index in [9.17, 15) is 4.79 Å². The van der Waals surface area contributed by atoms with Gasteiger partial charge in [-0.15, -0.1) is 0 Å². The third-order valence-corrected chi connectivity index (χ3v) is 3.68. The minimum Gasteiger partial charge on any atom is -0.483 e. The van der Waals surface area contributed by atoms with E-state index in [0.717, 1.165) is 16.9 Å². The number of rotatable bonds is 6. The van der Waals surface area contributed by atoms with Crippen LogP contribution in [0.2, 0.25) is 0 Å². The van der Waals surface area contributed by atoms with Gasteiger partial charge < -0.3 is 10.1 Å². The highest BCUT2D eigenvalue weighted by Gasteiger charge is 2.09. The zero-order valence-electron chi connectivity index (χ0n) is 13.4. The Labute approximate surface area is 132 Å². The van der Waals surface area contributed by atoms with E-state index in [-0.39, 0.29) is 18.4 Å². The number of ether oxygens (including phenoxy) is 1.